The zero-order valence-electron chi connectivity index (χ0n) is 11.1. The van der Waals surface area contributed by atoms with Crippen molar-refractivity contribution in [3.05, 3.63) is 0 Å². The van der Waals surface area contributed by atoms with Gasteiger partial charge in [0, 0.05) is 19.0 Å². The van der Waals surface area contributed by atoms with Gasteiger partial charge >= 0.3 is 5.97 Å². The third-order valence-electron chi connectivity index (χ3n) is 3.52. The summed E-state index contributed by atoms with van der Waals surface area (Å²) >= 11 is 0. The molecule has 0 bridgehead atoms. The summed E-state index contributed by atoms with van der Waals surface area (Å²) < 4.78 is 0. The summed E-state index contributed by atoms with van der Waals surface area (Å²) in [5.74, 6) is -1.35. The van der Waals surface area contributed by atoms with Crippen LogP contribution in [0.2, 0.25) is 0 Å². The maximum absolute atomic E-state index is 11.6. The molecule has 1 heterocycles. The van der Waals surface area contributed by atoms with Gasteiger partial charge in [0.05, 0.1) is 5.92 Å². The molecule has 3 N–H and O–H groups in total. The number of hydrogen-bond donors (Lipinski definition) is 3. The van der Waals surface area contributed by atoms with Crippen LogP contribution in [0.25, 0.3) is 0 Å². The van der Waals surface area contributed by atoms with Crippen LogP contribution in [0.4, 0.5) is 0 Å². The molecule has 104 valence electrons. The Morgan fingerprint density at radius 3 is 2.78 bits per heavy atom. The Morgan fingerprint density at radius 1 is 1.44 bits per heavy atom. The van der Waals surface area contributed by atoms with Gasteiger partial charge in [0.1, 0.15) is 0 Å². The molecule has 0 aromatic carbocycles. The van der Waals surface area contributed by atoms with Crippen molar-refractivity contribution in [2.45, 2.75) is 51.5 Å². The van der Waals surface area contributed by atoms with Crippen LogP contribution in [0.3, 0.4) is 0 Å². The molecular formula is C13H24N2O3. The quantitative estimate of drug-likeness (QED) is 0.638. The maximum atomic E-state index is 11.6. The summed E-state index contributed by atoms with van der Waals surface area (Å²) in [5.41, 5.74) is 0. The number of hydrogen-bond acceptors (Lipinski definition) is 3. The van der Waals surface area contributed by atoms with Crippen molar-refractivity contribution < 1.29 is 14.7 Å². The van der Waals surface area contributed by atoms with Gasteiger partial charge in [-0.1, -0.05) is 13.3 Å². The number of carbonyl (C=O) groups is 2. The van der Waals surface area contributed by atoms with Crippen molar-refractivity contribution in [2.24, 2.45) is 5.92 Å². The van der Waals surface area contributed by atoms with E-state index in [1.807, 2.05) is 6.92 Å². The van der Waals surface area contributed by atoms with E-state index < -0.39 is 11.9 Å². The number of nitrogens with one attached hydrogen (secondary N) is 2. The smallest absolute Gasteiger partial charge is 0.308 e. The van der Waals surface area contributed by atoms with Gasteiger partial charge in [-0.25, -0.2) is 0 Å². The first-order valence-corrected chi connectivity index (χ1v) is 6.86. The first-order chi connectivity index (χ1) is 8.63. The summed E-state index contributed by atoms with van der Waals surface area (Å²) in [6.45, 7) is 3.10. The van der Waals surface area contributed by atoms with E-state index >= 15 is 0 Å². The predicted octanol–water partition coefficient (Wildman–Crippen LogP) is 1.14. The van der Waals surface area contributed by atoms with Gasteiger partial charge in [-0.05, 0) is 32.2 Å². The van der Waals surface area contributed by atoms with Crippen molar-refractivity contribution in [2.75, 3.05) is 13.1 Å². The fourth-order valence-electron chi connectivity index (χ4n) is 2.21. The second-order valence-corrected chi connectivity index (χ2v) is 4.93. The molecular weight excluding hydrogens is 232 g/mol. The van der Waals surface area contributed by atoms with Gasteiger partial charge in [0.2, 0.25) is 5.91 Å². The van der Waals surface area contributed by atoms with Gasteiger partial charge in [-0.15, -0.1) is 0 Å². The first kappa shape index (κ1) is 15.0. The van der Waals surface area contributed by atoms with Crippen molar-refractivity contribution in [3.8, 4) is 0 Å². The molecule has 1 aliphatic rings. The van der Waals surface area contributed by atoms with Crippen LogP contribution in [0.5, 0.6) is 0 Å². The van der Waals surface area contributed by atoms with E-state index in [4.69, 9.17) is 5.11 Å². The molecule has 0 radical (unpaired) electrons. The molecule has 0 aliphatic carbocycles. The van der Waals surface area contributed by atoms with Crippen LogP contribution in [-0.4, -0.2) is 36.1 Å². The second-order valence-electron chi connectivity index (χ2n) is 4.93. The van der Waals surface area contributed by atoms with Crippen molar-refractivity contribution in [3.63, 3.8) is 0 Å². The SMILES string of the molecule is CCC(CNC(=O)CCC1CCCCN1)C(=O)O. The fraction of sp³-hybridized carbons (Fsp3) is 0.846. The van der Waals surface area contributed by atoms with E-state index in [2.05, 4.69) is 10.6 Å². The van der Waals surface area contributed by atoms with Crippen molar-refractivity contribution in [1.82, 2.24) is 10.6 Å². The number of piperidine rings is 1. The van der Waals surface area contributed by atoms with Gasteiger partial charge in [-0.3, -0.25) is 9.59 Å². The molecule has 5 nitrogen and oxygen atoms in total. The van der Waals surface area contributed by atoms with Crippen LogP contribution in [-0.2, 0) is 9.59 Å². The minimum Gasteiger partial charge on any atom is -0.481 e. The number of carboxylic acid groups (broad SMARTS) is 1. The summed E-state index contributed by atoms with van der Waals surface area (Å²) in [7, 11) is 0. The number of aliphatic carboxylic acids is 1. The van der Waals surface area contributed by atoms with Gasteiger partial charge in [0.25, 0.3) is 0 Å². The Bertz CT molecular complexity index is 275. The fourth-order valence-corrected chi connectivity index (χ4v) is 2.21. The first-order valence-electron chi connectivity index (χ1n) is 6.86. The largest absolute Gasteiger partial charge is 0.481 e. The highest BCUT2D eigenvalue weighted by molar-refractivity contribution is 5.77. The normalized spacial score (nSPS) is 21.3. The Kier molecular flexibility index (Phi) is 6.72. The van der Waals surface area contributed by atoms with Crippen LogP contribution in [0, 0.1) is 5.92 Å². The van der Waals surface area contributed by atoms with Gasteiger partial charge < -0.3 is 15.7 Å². The molecule has 2 unspecified atom stereocenters. The molecule has 1 saturated heterocycles. The molecule has 2 atom stereocenters. The predicted molar refractivity (Wildman–Crippen MR) is 69.3 cm³/mol. The van der Waals surface area contributed by atoms with E-state index in [0.29, 0.717) is 18.9 Å². The lowest BCUT2D eigenvalue weighted by Crippen LogP contribution is -2.36. The zero-order chi connectivity index (χ0) is 13.4. The molecule has 0 saturated carbocycles. The minimum atomic E-state index is -0.841. The molecule has 18 heavy (non-hydrogen) atoms. The zero-order valence-corrected chi connectivity index (χ0v) is 11.1. The van der Waals surface area contributed by atoms with E-state index in [9.17, 15) is 9.59 Å². The lowest BCUT2D eigenvalue weighted by Gasteiger charge is -2.23. The molecule has 1 aliphatic heterocycles. The Hall–Kier alpha value is -1.10. The number of amides is 1. The third kappa shape index (κ3) is 5.49. The highest BCUT2D eigenvalue weighted by atomic mass is 16.4. The maximum Gasteiger partial charge on any atom is 0.308 e. The van der Waals surface area contributed by atoms with Crippen LogP contribution in [0.15, 0.2) is 0 Å². The molecule has 5 heteroatoms. The van der Waals surface area contributed by atoms with E-state index in [-0.39, 0.29) is 12.5 Å². The monoisotopic (exact) mass is 256 g/mol. The lowest BCUT2D eigenvalue weighted by molar-refractivity contribution is -0.141. The van der Waals surface area contributed by atoms with E-state index in [0.717, 1.165) is 19.4 Å². The Morgan fingerprint density at radius 2 is 2.22 bits per heavy atom. The minimum absolute atomic E-state index is 0.0397. The van der Waals surface area contributed by atoms with E-state index in [1.165, 1.54) is 12.8 Å². The summed E-state index contributed by atoms with van der Waals surface area (Å²) in [4.78, 5) is 22.4. The van der Waals surface area contributed by atoms with Crippen LogP contribution >= 0.6 is 0 Å². The number of rotatable bonds is 7. The molecule has 1 fully saturated rings. The summed E-state index contributed by atoms with van der Waals surface area (Å²) in [6, 6.07) is 0.450. The Balaban J connectivity index is 2.14. The van der Waals surface area contributed by atoms with Crippen molar-refractivity contribution in [1.29, 1.82) is 0 Å². The van der Waals surface area contributed by atoms with Gasteiger partial charge in [0.15, 0.2) is 0 Å². The number of carbonyl (C=O) groups excluding carboxylic acids is 1. The Labute approximate surface area is 108 Å². The topological polar surface area (TPSA) is 78.4 Å². The number of carboxylic acids is 1. The van der Waals surface area contributed by atoms with E-state index in [1.54, 1.807) is 0 Å². The highest BCUT2D eigenvalue weighted by Gasteiger charge is 2.17. The lowest BCUT2D eigenvalue weighted by atomic mass is 10.0. The van der Waals surface area contributed by atoms with Crippen LogP contribution in [0.1, 0.15) is 45.4 Å². The third-order valence-corrected chi connectivity index (χ3v) is 3.52. The molecule has 0 spiro atoms. The summed E-state index contributed by atoms with van der Waals surface area (Å²) in [5, 5.41) is 15.0. The molecule has 1 amide bonds. The molecule has 1 rings (SSSR count). The second kappa shape index (κ2) is 8.08. The van der Waals surface area contributed by atoms with Gasteiger partial charge in [-0.2, -0.15) is 0 Å². The summed E-state index contributed by atoms with van der Waals surface area (Å²) in [6.07, 6.45) is 5.46. The average molecular weight is 256 g/mol. The van der Waals surface area contributed by atoms with Crippen LogP contribution < -0.4 is 10.6 Å². The molecule has 0 aromatic heterocycles. The average Bonchev–Trinajstić information content (AvgIpc) is 2.38. The molecule has 0 aromatic rings. The highest BCUT2D eigenvalue weighted by Crippen LogP contribution is 2.11. The standard InChI is InChI=1S/C13H24N2O3/c1-2-10(13(17)18)9-15-12(16)7-6-11-5-3-4-8-14-11/h10-11,14H,2-9H2,1H3,(H,15,16)(H,17,18). The van der Waals surface area contributed by atoms with Crippen molar-refractivity contribution >= 4 is 11.9 Å².